The van der Waals surface area contributed by atoms with E-state index in [1.54, 1.807) is 41.5 Å². The Balaban J connectivity index is 1.71. The van der Waals surface area contributed by atoms with E-state index in [4.69, 9.17) is 0 Å². The van der Waals surface area contributed by atoms with Crippen LogP contribution in [0.3, 0.4) is 0 Å². The molecule has 3 heterocycles. The minimum atomic E-state index is -0.252. The Bertz CT molecular complexity index is 789. The maximum atomic E-state index is 12.1. The molecule has 1 amide bonds. The predicted molar refractivity (Wildman–Crippen MR) is 81.5 cm³/mol. The molecule has 0 saturated carbocycles. The van der Waals surface area contributed by atoms with Crippen molar-refractivity contribution in [2.75, 3.05) is 5.32 Å². The van der Waals surface area contributed by atoms with Crippen LogP contribution in [-0.2, 0) is 6.67 Å². The maximum Gasteiger partial charge on any atom is 0.276 e. The number of carbonyl (C=O) groups is 1. The van der Waals surface area contributed by atoms with Gasteiger partial charge in [0.2, 0.25) is 0 Å². The topological polar surface area (TPSA) is 77.6 Å². The zero-order chi connectivity index (χ0) is 15.5. The average Bonchev–Trinajstić information content (AvgIpc) is 3.07. The van der Waals surface area contributed by atoms with Crippen LogP contribution in [0.5, 0.6) is 0 Å². The zero-order valence-electron chi connectivity index (χ0n) is 12.4. The van der Waals surface area contributed by atoms with Crippen molar-refractivity contribution in [1.29, 1.82) is 0 Å². The van der Waals surface area contributed by atoms with Crippen LogP contribution in [0.4, 0.5) is 5.69 Å². The first-order valence-corrected chi connectivity index (χ1v) is 6.88. The molecule has 0 aliphatic heterocycles. The molecule has 0 saturated heterocycles. The molecule has 0 radical (unpaired) electrons. The van der Waals surface area contributed by atoms with E-state index in [9.17, 15) is 4.79 Å². The Hall–Kier alpha value is -2.96. The molecule has 0 atom stereocenters. The van der Waals surface area contributed by atoms with Gasteiger partial charge in [-0.25, -0.2) is 4.68 Å². The molecular formula is C15H16N6O. The van der Waals surface area contributed by atoms with Crippen molar-refractivity contribution in [2.24, 2.45) is 0 Å². The minimum absolute atomic E-state index is 0.252. The van der Waals surface area contributed by atoms with Crippen molar-refractivity contribution in [2.45, 2.75) is 20.5 Å². The van der Waals surface area contributed by atoms with Gasteiger partial charge < -0.3 is 5.32 Å². The minimum Gasteiger partial charge on any atom is -0.320 e. The molecule has 3 aromatic heterocycles. The third-order valence-electron chi connectivity index (χ3n) is 3.19. The first-order valence-electron chi connectivity index (χ1n) is 6.88. The highest BCUT2D eigenvalue weighted by Crippen LogP contribution is 2.07. The monoisotopic (exact) mass is 296 g/mol. The summed E-state index contributed by atoms with van der Waals surface area (Å²) < 4.78 is 3.52. The summed E-state index contributed by atoms with van der Waals surface area (Å²) in [4.78, 5) is 16.0. The molecule has 3 rings (SSSR count). The van der Waals surface area contributed by atoms with E-state index in [-0.39, 0.29) is 5.91 Å². The molecule has 3 aromatic rings. The lowest BCUT2D eigenvalue weighted by Gasteiger charge is -2.04. The number of carbonyl (C=O) groups excluding carboxylic acids is 1. The summed E-state index contributed by atoms with van der Waals surface area (Å²) in [5.74, 6) is -0.252. The van der Waals surface area contributed by atoms with Gasteiger partial charge >= 0.3 is 0 Å². The lowest BCUT2D eigenvalue weighted by molar-refractivity contribution is 0.102. The van der Waals surface area contributed by atoms with E-state index in [1.807, 2.05) is 24.6 Å². The van der Waals surface area contributed by atoms with Crippen LogP contribution < -0.4 is 5.32 Å². The number of nitrogens with zero attached hydrogens (tertiary/aromatic N) is 5. The van der Waals surface area contributed by atoms with E-state index in [1.165, 1.54) is 0 Å². The quantitative estimate of drug-likeness (QED) is 0.797. The van der Waals surface area contributed by atoms with E-state index in [0.29, 0.717) is 18.1 Å². The van der Waals surface area contributed by atoms with Gasteiger partial charge in [0.15, 0.2) is 5.69 Å². The SMILES string of the molecule is Cc1cc(C)n(Cn2ccc(C(=O)Nc3ccncc3)n2)n1. The second-order valence-corrected chi connectivity index (χ2v) is 5.00. The summed E-state index contributed by atoms with van der Waals surface area (Å²) in [6.45, 7) is 4.41. The third kappa shape index (κ3) is 3.03. The predicted octanol–water partition coefficient (Wildman–Crippen LogP) is 1.85. The Morgan fingerprint density at radius 1 is 1.18 bits per heavy atom. The standard InChI is InChI=1S/C15H16N6O/c1-11-9-12(2)21(18-11)10-20-8-5-14(19-20)15(22)17-13-3-6-16-7-4-13/h3-9H,10H2,1-2H3,(H,16,17,22). The van der Waals surface area contributed by atoms with Crippen molar-refractivity contribution >= 4 is 11.6 Å². The van der Waals surface area contributed by atoms with E-state index >= 15 is 0 Å². The van der Waals surface area contributed by atoms with Crippen LogP contribution in [0.15, 0.2) is 42.9 Å². The number of aryl methyl sites for hydroxylation is 2. The van der Waals surface area contributed by atoms with Crippen molar-refractivity contribution in [3.8, 4) is 0 Å². The van der Waals surface area contributed by atoms with Crippen molar-refractivity contribution in [3.63, 3.8) is 0 Å². The Labute approximate surface area is 127 Å². The second-order valence-electron chi connectivity index (χ2n) is 5.00. The largest absolute Gasteiger partial charge is 0.320 e. The molecule has 112 valence electrons. The summed E-state index contributed by atoms with van der Waals surface area (Å²) in [7, 11) is 0. The Morgan fingerprint density at radius 3 is 2.64 bits per heavy atom. The number of rotatable bonds is 4. The first kappa shape index (κ1) is 14.0. The van der Waals surface area contributed by atoms with Crippen LogP contribution in [-0.4, -0.2) is 30.5 Å². The van der Waals surface area contributed by atoms with Gasteiger partial charge in [0.05, 0.1) is 5.69 Å². The molecule has 0 aliphatic carbocycles. The molecule has 0 aliphatic rings. The number of pyridine rings is 1. The molecule has 0 fully saturated rings. The lowest BCUT2D eigenvalue weighted by Crippen LogP contribution is -2.15. The lowest BCUT2D eigenvalue weighted by atomic mass is 10.3. The summed E-state index contributed by atoms with van der Waals surface area (Å²) in [6.07, 6.45) is 5.01. The number of nitrogens with one attached hydrogen (secondary N) is 1. The Morgan fingerprint density at radius 2 is 1.95 bits per heavy atom. The van der Waals surface area contributed by atoms with E-state index in [2.05, 4.69) is 20.5 Å². The molecule has 7 nitrogen and oxygen atoms in total. The Kier molecular flexibility index (Phi) is 3.69. The van der Waals surface area contributed by atoms with Crippen molar-refractivity contribution in [3.05, 3.63) is 59.9 Å². The second kappa shape index (κ2) is 5.80. The summed E-state index contributed by atoms with van der Waals surface area (Å²) >= 11 is 0. The van der Waals surface area contributed by atoms with Gasteiger partial charge in [-0.3, -0.25) is 14.5 Å². The maximum absolute atomic E-state index is 12.1. The van der Waals surface area contributed by atoms with Crippen LogP contribution >= 0.6 is 0 Å². The fraction of sp³-hybridized carbons (Fsp3) is 0.200. The van der Waals surface area contributed by atoms with Gasteiger partial charge in [-0.2, -0.15) is 10.2 Å². The third-order valence-corrected chi connectivity index (χ3v) is 3.19. The highest BCUT2D eigenvalue weighted by Gasteiger charge is 2.10. The van der Waals surface area contributed by atoms with Crippen LogP contribution in [0.1, 0.15) is 21.9 Å². The number of hydrogen-bond acceptors (Lipinski definition) is 4. The number of amides is 1. The van der Waals surface area contributed by atoms with Crippen LogP contribution in [0.25, 0.3) is 0 Å². The highest BCUT2D eigenvalue weighted by molar-refractivity contribution is 6.02. The molecule has 0 spiro atoms. The summed E-state index contributed by atoms with van der Waals surface area (Å²) in [6, 6.07) is 7.14. The van der Waals surface area contributed by atoms with Crippen molar-refractivity contribution < 1.29 is 4.79 Å². The van der Waals surface area contributed by atoms with Gasteiger partial charge in [0.25, 0.3) is 5.91 Å². The van der Waals surface area contributed by atoms with E-state index in [0.717, 1.165) is 11.4 Å². The van der Waals surface area contributed by atoms with Crippen LogP contribution in [0.2, 0.25) is 0 Å². The van der Waals surface area contributed by atoms with Crippen molar-refractivity contribution in [1.82, 2.24) is 24.5 Å². The molecule has 22 heavy (non-hydrogen) atoms. The summed E-state index contributed by atoms with van der Waals surface area (Å²) in [5.41, 5.74) is 3.06. The van der Waals surface area contributed by atoms with Gasteiger partial charge in [0.1, 0.15) is 6.67 Å². The first-order chi connectivity index (χ1) is 10.6. The smallest absolute Gasteiger partial charge is 0.276 e. The highest BCUT2D eigenvalue weighted by atomic mass is 16.1. The summed E-state index contributed by atoms with van der Waals surface area (Å²) in [5, 5.41) is 11.4. The van der Waals surface area contributed by atoms with Gasteiger partial charge in [-0.1, -0.05) is 0 Å². The average molecular weight is 296 g/mol. The number of hydrogen-bond donors (Lipinski definition) is 1. The number of aromatic nitrogens is 5. The molecule has 7 heteroatoms. The molecular weight excluding hydrogens is 280 g/mol. The van der Waals surface area contributed by atoms with Gasteiger partial charge in [-0.15, -0.1) is 0 Å². The van der Waals surface area contributed by atoms with Crippen LogP contribution in [0, 0.1) is 13.8 Å². The fourth-order valence-corrected chi connectivity index (χ4v) is 2.15. The fourth-order valence-electron chi connectivity index (χ4n) is 2.15. The van der Waals surface area contributed by atoms with Gasteiger partial charge in [0, 0.05) is 30.0 Å². The molecule has 1 N–H and O–H groups in total. The van der Waals surface area contributed by atoms with E-state index < -0.39 is 0 Å². The molecule has 0 bridgehead atoms. The molecule has 0 unspecified atom stereocenters. The zero-order valence-corrected chi connectivity index (χ0v) is 12.4. The normalized spacial score (nSPS) is 10.6. The van der Waals surface area contributed by atoms with Gasteiger partial charge in [-0.05, 0) is 38.1 Å². The number of anilines is 1. The molecule has 0 aromatic carbocycles.